The van der Waals surface area contributed by atoms with Crippen LogP contribution in [0.25, 0.3) is 0 Å². The van der Waals surface area contributed by atoms with Crippen LogP contribution in [0.3, 0.4) is 0 Å². The van der Waals surface area contributed by atoms with Crippen LogP contribution in [0.2, 0.25) is 0 Å². The molecule has 0 bridgehead atoms. The second-order valence-electron chi connectivity index (χ2n) is 4.17. The molecule has 18 heavy (non-hydrogen) atoms. The van der Waals surface area contributed by atoms with E-state index in [2.05, 4.69) is 5.32 Å². The molecular weight excluding hydrogens is 245 g/mol. The number of hydrogen-bond donors (Lipinski definition) is 1. The number of benzene rings is 1. The Labute approximate surface area is 103 Å². The van der Waals surface area contributed by atoms with E-state index in [1.807, 2.05) is 0 Å². The maximum absolute atomic E-state index is 12.4. The minimum absolute atomic E-state index is 0.104. The lowest BCUT2D eigenvalue weighted by Gasteiger charge is -2.21. The monoisotopic (exact) mass is 258 g/mol. The largest absolute Gasteiger partial charge is 0.416 e. The van der Waals surface area contributed by atoms with Crippen LogP contribution >= 0.6 is 0 Å². The summed E-state index contributed by atoms with van der Waals surface area (Å²) >= 11 is 0. The van der Waals surface area contributed by atoms with Gasteiger partial charge in [-0.25, -0.2) is 0 Å². The van der Waals surface area contributed by atoms with Gasteiger partial charge >= 0.3 is 6.18 Å². The zero-order valence-electron chi connectivity index (χ0n) is 9.63. The van der Waals surface area contributed by atoms with Crippen LogP contribution in [-0.2, 0) is 11.0 Å². The number of anilines is 1. The highest BCUT2D eigenvalue weighted by atomic mass is 19.4. The molecule has 3 nitrogen and oxygen atoms in total. The fourth-order valence-corrected chi connectivity index (χ4v) is 1.89. The van der Waals surface area contributed by atoms with E-state index >= 15 is 0 Å². The molecule has 1 aromatic carbocycles. The van der Waals surface area contributed by atoms with E-state index in [9.17, 15) is 18.0 Å². The lowest BCUT2D eigenvalue weighted by Crippen LogP contribution is -2.33. The molecule has 0 aromatic heterocycles. The van der Waals surface area contributed by atoms with Gasteiger partial charge in [0.2, 0.25) is 5.91 Å². The van der Waals surface area contributed by atoms with Crippen LogP contribution < -0.4 is 10.2 Å². The predicted molar refractivity (Wildman–Crippen MR) is 61.3 cm³/mol. The maximum Gasteiger partial charge on any atom is 0.416 e. The van der Waals surface area contributed by atoms with Crippen LogP contribution in [0.1, 0.15) is 12.0 Å². The van der Waals surface area contributed by atoms with Gasteiger partial charge in [-0.2, -0.15) is 13.2 Å². The molecule has 0 aliphatic carbocycles. The number of amides is 1. The zero-order valence-corrected chi connectivity index (χ0v) is 9.63. The SMILES string of the molecule is O=C1CN(c2ccc(C(F)(F)F)cc2)CCCN1. The molecule has 1 heterocycles. The van der Waals surface area contributed by atoms with Crippen molar-refractivity contribution in [2.24, 2.45) is 0 Å². The third kappa shape index (κ3) is 2.94. The second-order valence-corrected chi connectivity index (χ2v) is 4.17. The molecule has 1 amide bonds. The van der Waals surface area contributed by atoms with E-state index < -0.39 is 11.7 Å². The first-order chi connectivity index (χ1) is 8.47. The molecule has 1 fully saturated rings. The fourth-order valence-electron chi connectivity index (χ4n) is 1.89. The van der Waals surface area contributed by atoms with E-state index in [1.165, 1.54) is 12.1 Å². The van der Waals surface area contributed by atoms with Crippen molar-refractivity contribution in [3.05, 3.63) is 29.8 Å². The maximum atomic E-state index is 12.4. The van der Waals surface area contributed by atoms with Crippen LogP contribution in [0.4, 0.5) is 18.9 Å². The number of hydrogen-bond acceptors (Lipinski definition) is 2. The lowest BCUT2D eigenvalue weighted by atomic mass is 10.2. The lowest BCUT2D eigenvalue weighted by molar-refractivity contribution is -0.137. The Morgan fingerprint density at radius 2 is 1.83 bits per heavy atom. The first kappa shape index (κ1) is 12.7. The summed E-state index contributed by atoms with van der Waals surface area (Å²) in [5.74, 6) is -0.104. The van der Waals surface area contributed by atoms with Crippen molar-refractivity contribution in [3.63, 3.8) is 0 Å². The molecule has 6 heteroatoms. The molecule has 0 unspecified atom stereocenters. The third-order valence-corrected chi connectivity index (χ3v) is 2.82. The number of nitrogens with one attached hydrogen (secondary N) is 1. The molecule has 1 aliphatic heterocycles. The minimum atomic E-state index is -4.32. The highest BCUT2D eigenvalue weighted by molar-refractivity contribution is 5.81. The van der Waals surface area contributed by atoms with Gasteiger partial charge in [0.25, 0.3) is 0 Å². The molecule has 1 saturated heterocycles. The Balaban J connectivity index is 2.16. The number of rotatable bonds is 1. The summed E-state index contributed by atoms with van der Waals surface area (Å²) in [6, 6.07) is 4.89. The van der Waals surface area contributed by atoms with Crippen molar-refractivity contribution in [2.75, 3.05) is 24.5 Å². The zero-order chi connectivity index (χ0) is 13.2. The second kappa shape index (κ2) is 4.88. The van der Waals surface area contributed by atoms with Crippen molar-refractivity contribution >= 4 is 11.6 Å². The quantitative estimate of drug-likeness (QED) is 0.836. The smallest absolute Gasteiger partial charge is 0.362 e. The summed E-state index contributed by atoms with van der Waals surface area (Å²) in [6.07, 6.45) is -3.54. The highest BCUT2D eigenvalue weighted by Gasteiger charge is 2.30. The molecule has 0 saturated carbocycles. The third-order valence-electron chi connectivity index (χ3n) is 2.82. The first-order valence-electron chi connectivity index (χ1n) is 5.66. The summed E-state index contributed by atoms with van der Waals surface area (Å²) in [4.78, 5) is 13.1. The number of carbonyl (C=O) groups is 1. The Morgan fingerprint density at radius 1 is 1.17 bits per heavy atom. The van der Waals surface area contributed by atoms with E-state index in [0.29, 0.717) is 18.8 Å². The number of alkyl halides is 3. The topological polar surface area (TPSA) is 32.3 Å². The van der Waals surface area contributed by atoms with Gasteiger partial charge in [0.15, 0.2) is 0 Å². The van der Waals surface area contributed by atoms with E-state index in [4.69, 9.17) is 0 Å². The molecule has 2 rings (SSSR count). The first-order valence-corrected chi connectivity index (χ1v) is 5.66. The minimum Gasteiger partial charge on any atom is -0.362 e. The number of nitrogens with zero attached hydrogens (tertiary/aromatic N) is 1. The van der Waals surface area contributed by atoms with Gasteiger partial charge in [-0.05, 0) is 30.7 Å². The average Bonchev–Trinajstić information content (AvgIpc) is 2.53. The summed E-state index contributed by atoms with van der Waals surface area (Å²) < 4.78 is 37.2. The van der Waals surface area contributed by atoms with Crippen LogP contribution in [0.15, 0.2) is 24.3 Å². The number of carbonyl (C=O) groups excluding carboxylic acids is 1. The molecular formula is C12H13F3N2O. The Kier molecular flexibility index (Phi) is 3.45. The number of halogens is 3. The van der Waals surface area contributed by atoms with Gasteiger partial charge in [0, 0.05) is 18.8 Å². The summed E-state index contributed by atoms with van der Waals surface area (Å²) in [7, 11) is 0. The molecule has 98 valence electrons. The fraction of sp³-hybridized carbons (Fsp3) is 0.417. The van der Waals surface area contributed by atoms with Crippen molar-refractivity contribution in [1.82, 2.24) is 5.32 Å². The van der Waals surface area contributed by atoms with Crippen LogP contribution in [0, 0.1) is 0 Å². The highest BCUT2D eigenvalue weighted by Crippen LogP contribution is 2.30. The predicted octanol–water partition coefficient (Wildman–Crippen LogP) is 2.03. The van der Waals surface area contributed by atoms with Gasteiger partial charge in [-0.3, -0.25) is 4.79 Å². The summed E-state index contributed by atoms with van der Waals surface area (Å²) in [5, 5.41) is 2.72. The Bertz CT molecular complexity index is 428. The Hall–Kier alpha value is -1.72. The van der Waals surface area contributed by atoms with E-state index in [1.54, 1.807) is 4.90 Å². The van der Waals surface area contributed by atoms with Gasteiger partial charge in [-0.1, -0.05) is 0 Å². The Morgan fingerprint density at radius 3 is 2.44 bits per heavy atom. The molecule has 1 N–H and O–H groups in total. The van der Waals surface area contributed by atoms with Crippen molar-refractivity contribution in [1.29, 1.82) is 0 Å². The summed E-state index contributed by atoms with van der Waals surface area (Å²) in [5.41, 5.74) is -0.0365. The molecule has 0 atom stereocenters. The van der Waals surface area contributed by atoms with Crippen molar-refractivity contribution in [3.8, 4) is 0 Å². The molecule has 1 aliphatic rings. The van der Waals surface area contributed by atoms with Crippen LogP contribution in [-0.4, -0.2) is 25.5 Å². The van der Waals surface area contributed by atoms with E-state index in [0.717, 1.165) is 18.6 Å². The molecule has 0 spiro atoms. The normalized spacial score (nSPS) is 17.3. The van der Waals surface area contributed by atoms with Crippen LogP contribution in [0.5, 0.6) is 0 Å². The molecule has 1 aromatic rings. The van der Waals surface area contributed by atoms with Gasteiger partial charge in [0.1, 0.15) is 0 Å². The summed E-state index contributed by atoms with van der Waals surface area (Å²) in [6.45, 7) is 1.45. The standard InChI is InChI=1S/C12H13F3N2O/c13-12(14,15)9-2-4-10(5-3-9)17-7-1-6-16-11(18)8-17/h2-5H,1,6-8H2,(H,16,18). The van der Waals surface area contributed by atoms with Crippen molar-refractivity contribution in [2.45, 2.75) is 12.6 Å². The molecule has 0 radical (unpaired) electrons. The van der Waals surface area contributed by atoms with Crippen molar-refractivity contribution < 1.29 is 18.0 Å². The van der Waals surface area contributed by atoms with Gasteiger partial charge < -0.3 is 10.2 Å². The van der Waals surface area contributed by atoms with Gasteiger partial charge in [-0.15, -0.1) is 0 Å². The van der Waals surface area contributed by atoms with Gasteiger partial charge in [0.05, 0.1) is 12.1 Å². The van der Waals surface area contributed by atoms with E-state index in [-0.39, 0.29) is 12.5 Å². The average molecular weight is 258 g/mol.